The maximum atomic E-state index is 12.3. The van der Waals surface area contributed by atoms with Gasteiger partial charge in [0.2, 0.25) is 0 Å². The van der Waals surface area contributed by atoms with E-state index in [1.54, 1.807) is 0 Å². The van der Waals surface area contributed by atoms with Gasteiger partial charge < -0.3 is 10.8 Å². The standard InChI is InChI=1S/C9H8ClF3N2O3.ClH/c10-4-1-2-6(15(17)18)5(3-4)7(14)8(16)9(11,12)13;/h1-3,7-8,16H,14H2;1H/t7-,8-;/m1./s1. The van der Waals surface area contributed by atoms with E-state index in [0.29, 0.717) is 0 Å². The predicted octanol–water partition coefficient (Wildman–Crippen LogP) is 2.59. The van der Waals surface area contributed by atoms with E-state index in [1.807, 2.05) is 0 Å². The molecule has 108 valence electrons. The molecule has 0 unspecified atom stereocenters. The van der Waals surface area contributed by atoms with Gasteiger partial charge in [-0.3, -0.25) is 10.1 Å². The van der Waals surface area contributed by atoms with E-state index in [4.69, 9.17) is 22.4 Å². The van der Waals surface area contributed by atoms with Crippen molar-refractivity contribution in [2.24, 2.45) is 5.73 Å². The van der Waals surface area contributed by atoms with Gasteiger partial charge in [-0.15, -0.1) is 12.4 Å². The molecule has 19 heavy (non-hydrogen) atoms. The average Bonchev–Trinajstić information content (AvgIpc) is 2.25. The Bertz CT molecular complexity index is 471. The topological polar surface area (TPSA) is 89.4 Å². The molecule has 0 aliphatic heterocycles. The van der Waals surface area contributed by atoms with Crippen molar-refractivity contribution >= 4 is 29.7 Å². The zero-order chi connectivity index (χ0) is 14.1. The van der Waals surface area contributed by atoms with Crippen LogP contribution in [0.25, 0.3) is 0 Å². The normalized spacial score (nSPS) is 14.4. The third kappa shape index (κ3) is 4.20. The van der Waals surface area contributed by atoms with Crippen molar-refractivity contribution in [3.05, 3.63) is 38.9 Å². The smallest absolute Gasteiger partial charge is 0.382 e. The van der Waals surface area contributed by atoms with E-state index in [2.05, 4.69) is 0 Å². The van der Waals surface area contributed by atoms with E-state index >= 15 is 0 Å². The fourth-order valence-corrected chi connectivity index (χ4v) is 1.51. The minimum atomic E-state index is -4.98. The van der Waals surface area contributed by atoms with Gasteiger partial charge in [0.15, 0.2) is 6.10 Å². The fraction of sp³-hybridized carbons (Fsp3) is 0.333. The van der Waals surface area contributed by atoms with E-state index in [-0.39, 0.29) is 17.4 Å². The van der Waals surface area contributed by atoms with Crippen molar-refractivity contribution in [3.8, 4) is 0 Å². The molecule has 0 amide bonds. The molecule has 0 aliphatic rings. The maximum Gasteiger partial charge on any atom is 0.416 e. The van der Waals surface area contributed by atoms with Gasteiger partial charge in [0.1, 0.15) is 0 Å². The summed E-state index contributed by atoms with van der Waals surface area (Å²) in [4.78, 5) is 9.76. The highest BCUT2D eigenvalue weighted by Gasteiger charge is 2.44. The summed E-state index contributed by atoms with van der Waals surface area (Å²) in [5.41, 5.74) is 4.09. The molecule has 0 bridgehead atoms. The van der Waals surface area contributed by atoms with Gasteiger partial charge in [0, 0.05) is 11.1 Å². The highest BCUT2D eigenvalue weighted by Crippen LogP contribution is 2.34. The molecule has 5 nitrogen and oxygen atoms in total. The summed E-state index contributed by atoms with van der Waals surface area (Å²) in [5.74, 6) is 0. The van der Waals surface area contributed by atoms with Crippen LogP contribution in [-0.4, -0.2) is 22.3 Å². The molecular formula is C9H9Cl2F3N2O3. The van der Waals surface area contributed by atoms with Gasteiger partial charge in [-0.2, -0.15) is 13.2 Å². The Morgan fingerprint density at radius 3 is 2.37 bits per heavy atom. The summed E-state index contributed by atoms with van der Waals surface area (Å²) in [6.07, 6.45) is -7.88. The summed E-state index contributed by atoms with van der Waals surface area (Å²) in [5, 5.41) is 19.6. The quantitative estimate of drug-likeness (QED) is 0.661. The summed E-state index contributed by atoms with van der Waals surface area (Å²) < 4.78 is 36.9. The predicted molar refractivity (Wildman–Crippen MR) is 64.3 cm³/mol. The number of benzene rings is 1. The molecule has 1 aromatic carbocycles. The first-order chi connectivity index (χ1) is 8.14. The van der Waals surface area contributed by atoms with Crippen molar-refractivity contribution < 1.29 is 23.2 Å². The number of rotatable bonds is 3. The zero-order valence-electron chi connectivity index (χ0n) is 9.10. The number of nitrogens with two attached hydrogens (primary N) is 1. The molecule has 0 spiro atoms. The van der Waals surface area contributed by atoms with Crippen LogP contribution in [0.1, 0.15) is 11.6 Å². The van der Waals surface area contributed by atoms with Gasteiger partial charge in [0.05, 0.1) is 16.5 Å². The lowest BCUT2D eigenvalue weighted by molar-refractivity contribution is -0.386. The second-order valence-corrected chi connectivity index (χ2v) is 3.91. The van der Waals surface area contributed by atoms with Crippen LogP contribution < -0.4 is 5.73 Å². The van der Waals surface area contributed by atoms with Gasteiger partial charge in [-0.05, 0) is 12.1 Å². The fourth-order valence-electron chi connectivity index (χ4n) is 1.33. The number of hydrogen-bond donors (Lipinski definition) is 2. The molecule has 0 aromatic heterocycles. The van der Waals surface area contributed by atoms with E-state index in [1.165, 1.54) is 0 Å². The van der Waals surface area contributed by atoms with Crippen LogP contribution in [0, 0.1) is 10.1 Å². The average molecular weight is 321 g/mol. The molecule has 0 aliphatic carbocycles. The molecule has 1 aromatic rings. The lowest BCUT2D eigenvalue weighted by Crippen LogP contribution is -2.39. The number of alkyl halides is 3. The first kappa shape index (κ1) is 17.9. The molecule has 0 saturated heterocycles. The highest BCUT2D eigenvalue weighted by atomic mass is 35.5. The van der Waals surface area contributed by atoms with Crippen LogP contribution in [0.4, 0.5) is 18.9 Å². The number of hydrogen-bond acceptors (Lipinski definition) is 4. The van der Waals surface area contributed by atoms with Crippen LogP contribution in [0.15, 0.2) is 18.2 Å². The molecule has 0 radical (unpaired) electrons. The number of nitrogens with zero attached hydrogens (tertiary/aromatic N) is 1. The Kier molecular flexibility index (Phi) is 6.01. The number of nitro groups is 1. The van der Waals surface area contributed by atoms with Crippen molar-refractivity contribution in [3.63, 3.8) is 0 Å². The van der Waals surface area contributed by atoms with Crippen LogP contribution in [0.2, 0.25) is 5.02 Å². The highest BCUT2D eigenvalue weighted by molar-refractivity contribution is 6.30. The molecule has 0 saturated carbocycles. The van der Waals surface area contributed by atoms with Gasteiger partial charge in [-0.25, -0.2) is 0 Å². The second-order valence-electron chi connectivity index (χ2n) is 3.47. The number of halogens is 5. The van der Waals surface area contributed by atoms with Crippen molar-refractivity contribution in [2.75, 3.05) is 0 Å². The second kappa shape index (κ2) is 6.38. The monoisotopic (exact) mass is 320 g/mol. The first-order valence-corrected chi connectivity index (χ1v) is 4.96. The lowest BCUT2D eigenvalue weighted by atomic mass is 10.00. The summed E-state index contributed by atoms with van der Waals surface area (Å²) in [6.45, 7) is 0. The van der Waals surface area contributed by atoms with Gasteiger partial charge >= 0.3 is 6.18 Å². The molecule has 1 rings (SSSR count). The third-order valence-corrected chi connectivity index (χ3v) is 2.46. The van der Waals surface area contributed by atoms with Crippen LogP contribution in [0.3, 0.4) is 0 Å². The van der Waals surface area contributed by atoms with Gasteiger partial charge in [0.25, 0.3) is 5.69 Å². The summed E-state index contributed by atoms with van der Waals surface area (Å²) in [7, 11) is 0. The lowest BCUT2D eigenvalue weighted by Gasteiger charge is -2.21. The third-order valence-electron chi connectivity index (χ3n) is 2.22. The minimum Gasteiger partial charge on any atom is -0.382 e. The Labute approximate surface area is 116 Å². The van der Waals surface area contributed by atoms with Gasteiger partial charge in [-0.1, -0.05) is 11.6 Å². The molecule has 0 heterocycles. The summed E-state index contributed by atoms with van der Waals surface area (Å²) in [6, 6.07) is 1.03. The molecule has 0 fully saturated rings. The van der Waals surface area contributed by atoms with Crippen LogP contribution >= 0.6 is 24.0 Å². The van der Waals surface area contributed by atoms with Crippen LogP contribution in [0.5, 0.6) is 0 Å². The van der Waals surface area contributed by atoms with E-state index in [0.717, 1.165) is 18.2 Å². The SMILES string of the molecule is Cl.N[C@H](c1cc(Cl)ccc1[N+](=O)[O-])[C@@H](O)C(F)(F)F. The van der Waals surface area contributed by atoms with Crippen molar-refractivity contribution in [2.45, 2.75) is 18.3 Å². The zero-order valence-corrected chi connectivity index (χ0v) is 10.7. The Hall–Kier alpha value is -1.09. The number of aliphatic hydroxyl groups is 1. The number of nitro benzene ring substituents is 1. The van der Waals surface area contributed by atoms with Crippen molar-refractivity contribution in [1.29, 1.82) is 0 Å². The molecule has 3 N–H and O–H groups in total. The molecular weight excluding hydrogens is 312 g/mol. The van der Waals surface area contributed by atoms with Crippen LogP contribution in [-0.2, 0) is 0 Å². The van der Waals surface area contributed by atoms with E-state index < -0.39 is 34.5 Å². The largest absolute Gasteiger partial charge is 0.416 e. The Morgan fingerprint density at radius 2 is 1.95 bits per heavy atom. The van der Waals surface area contributed by atoms with Crippen molar-refractivity contribution in [1.82, 2.24) is 0 Å². The molecule has 10 heteroatoms. The molecule has 2 atom stereocenters. The summed E-state index contributed by atoms with van der Waals surface area (Å²) >= 11 is 5.54. The Balaban J connectivity index is 0.00000324. The van der Waals surface area contributed by atoms with E-state index in [9.17, 15) is 23.3 Å². The number of aliphatic hydroxyl groups excluding tert-OH is 1. The maximum absolute atomic E-state index is 12.3. The Morgan fingerprint density at radius 1 is 1.42 bits per heavy atom. The first-order valence-electron chi connectivity index (χ1n) is 4.58. The minimum absolute atomic E-state index is 0.